The molecular weight excluding hydrogens is 594 g/mol. The first-order valence-corrected chi connectivity index (χ1v) is 12.5. The van der Waals surface area contributed by atoms with Gasteiger partial charge >= 0.3 is 0 Å². The number of hydrogen-bond acceptors (Lipinski definition) is 5. The van der Waals surface area contributed by atoms with Crippen molar-refractivity contribution >= 4 is 63.5 Å². The van der Waals surface area contributed by atoms with Crippen LogP contribution in [-0.2, 0) is 22.6 Å². The maximum absolute atomic E-state index is 13.5. The van der Waals surface area contributed by atoms with E-state index in [4.69, 9.17) is 21.7 Å². The lowest BCUT2D eigenvalue weighted by molar-refractivity contribution is -0.122. The van der Waals surface area contributed by atoms with Gasteiger partial charge in [-0.2, -0.15) is 0 Å². The number of carbonyl (C=O) groups is 2. The first-order chi connectivity index (χ1) is 17.3. The topological polar surface area (TPSA) is 67.9 Å². The highest BCUT2D eigenvalue weighted by molar-refractivity contribution is 14.1. The fraction of sp³-hybridized carbons (Fsp3) is 0.148. The Morgan fingerprint density at radius 3 is 2.50 bits per heavy atom. The number of methoxy groups -OCH3 is 1. The quantitative estimate of drug-likeness (QED) is 0.167. The third-order valence-corrected chi connectivity index (χ3v) is 6.63. The molecule has 1 fully saturated rings. The first-order valence-electron chi connectivity index (χ1n) is 11.1. The number of ether oxygens (including phenoxy) is 2. The zero-order valence-electron chi connectivity index (χ0n) is 19.5. The van der Waals surface area contributed by atoms with Crippen molar-refractivity contribution in [1.29, 1.82) is 0 Å². The average molecular weight is 616 g/mol. The molecule has 0 atom stereocenters. The van der Waals surface area contributed by atoms with Gasteiger partial charge in [-0.1, -0.05) is 31.2 Å². The summed E-state index contributed by atoms with van der Waals surface area (Å²) in [6.45, 7) is 2.19. The summed E-state index contributed by atoms with van der Waals surface area (Å²) in [7, 11) is 1.50. The number of thiocarbonyl (C=S) groups is 1. The lowest BCUT2D eigenvalue weighted by Crippen LogP contribution is -2.54. The molecule has 6 nitrogen and oxygen atoms in total. The number of nitrogens with zero attached hydrogens (tertiary/aromatic N) is 1. The Kier molecular flexibility index (Phi) is 8.00. The molecule has 2 amide bonds. The van der Waals surface area contributed by atoms with Gasteiger partial charge in [-0.05, 0) is 100 Å². The van der Waals surface area contributed by atoms with Gasteiger partial charge < -0.3 is 9.47 Å². The van der Waals surface area contributed by atoms with E-state index < -0.39 is 11.8 Å². The number of hydrogen-bond donors (Lipinski definition) is 1. The molecule has 3 aromatic carbocycles. The molecule has 0 spiro atoms. The zero-order chi connectivity index (χ0) is 25.8. The van der Waals surface area contributed by atoms with Crippen molar-refractivity contribution in [2.45, 2.75) is 20.0 Å². The fourth-order valence-electron chi connectivity index (χ4n) is 3.68. The van der Waals surface area contributed by atoms with E-state index in [1.165, 1.54) is 30.2 Å². The third-order valence-electron chi connectivity index (χ3n) is 5.54. The summed E-state index contributed by atoms with van der Waals surface area (Å²) in [5.41, 5.74) is 2.87. The van der Waals surface area contributed by atoms with Crippen molar-refractivity contribution in [3.8, 4) is 11.5 Å². The van der Waals surface area contributed by atoms with E-state index in [1.807, 2.05) is 19.1 Å². The SMILES string of the molecule is CCc1ccc(N2C(=O)/C(=C/c3cc(I)c(OCc4cccc(F)c4)c(OC)c3)C(=O)NC2=S)cc1. The van der Waals surface area contributed by atoms with Crippen LogP contribution >= 0.6 is 34.8 Å². The molecule has 1 aliphatic heterocycles. The van der Waals surface area contributed by atoms with Crippen LogP contribution in [0.3, 0.4) is 0 Å². The Morgan fingerprint density at radius 1 is 1.08 bits per heavy atom. The van der Waals surface area contributed by atoms with E-state index >= 15 is 0 Å². The lowest BCUT2D eigenvalue weighted by atomic mass is 10.1. The van der Waals surface area contributed by atoms with Crippen LogP contribution in [0.5, 0.6) is 11.5 Å². The van der Waals surface area contributed by atoms with E-state index in [1.54, 1.807) is 36.4 Å². The lowest BCUT2D eigenvalue weighted by Gasteiger charge is -2.29. The number of aryl methyl sites for hydroxylation is 1. The van der Waals surface area contributed by atoms with E-state index in [2.05, 4.69) is 27.9 Å². The largest absolute Gasteiger partial charge is 0.493 e. The molecule has 0 unspecified atom stereocenters. The number of rotatable bonds is 7. The van der Waals surface area contributed by atoms with Gasteiger partial charge in [0, 0.05) is 0 Å². The molecule has 0 aliphatic carbocycles. The number of carbonyl (C=O) groups excluding carboxylic acids is 2. The summed E-state index contributed by atoms with van der Waals surface area (Å²) >= 11 is 7.37. The standard InChI is InChI=1S/C27H22FIN2O4S/c1-3-16-7-9-20(10-8-16)31-26(33)21(25(32)30-27(31)36)12-18-13-22(29)24(23(14-18)34-2)35-15-17-5-4-6-19(28)11-17/h4-14H,3,15H2,1-2H3,(H,30,32,36)/b21-12+. The average Bonchev–Trinajstić information content (AvgIpc) is 2.86. The second-order valence-corrected chi connectivity index (χ2v) is 9.48. The Labute approximate surface area is 227 Å². The zero-order valence-corrected chi connectivity index (χ0v) is 22.5. The summed E-state index contributed by atoms with van der Waals surface area (Å²) < 4.78 is 25.6. The van der Waals surface area contributed by atoms with Crippen LogP contribution in [0.4, 0.5) is 10.1 Å². The summed E-state index contributed by atoms with van der Waals surface area (Å²) in [5, 5.41) is 2.62. The third kappa shape index (κ3) is 5.57. The molecule has 0 saturated carbocycles. The molecule has 0 bridgehead atoms. The monoisotopic (exact) mass is 616 g/mol. The molecule has 1 N–H and O–H groups in total. The molecule has 9 heteroatoms. The predicted molar refractivity (Wildman–Crippen MR) is 148 cm³/mol. The summed E-state index contributed by atoms with van der Waals surface area (Å²) in [4.78, 5) is 27.3. The van der Waals surface area contributed by atoms with Crippen LogP contribution in [0.2, 0.25) is 0 Å². The van der Waals surface area contributed by atoms with Gasteiger partial charge in [-0.15, -0.1) is 0 Å². The van der Waals surface area contributed by atoms with Gasteiger partial charge in [-0.3, -0.25) is 19.8 Å². The van der Waals surface area contributed by atoms with E-state index in [0.717, 1.165) is 12.0 Å². The van der Waals surface area contributed by atoms with E-state index in [9.17, 15) is 14.0 Å². The normalized spacial score (nSPS) is 14.7. The second kappa shape index (κ2) is 11.2. The molecule has 0 radical (unpaired) electrons. The minimum Gasteiger partial charge on any atom is -0.493 e. The smallest absolute Gasteiger partial charge is 0.270 e. The van der Waals surface area contributed by atoms with Gasteiger partial charge in [0.05, 0.1) is 16.4 Å². The number of halogens is 2. The summed E-state index contributed by atoms with van der Waals surface area (Å²) in [6.07, 6.45) is 2.36. The molecule has 1 aliphatic rings. The van der Waals surface area contributed by atoms with Gasteiger partial charge in [0.2, 0.25) is 0 Å². The number of amides is 2. The Hall–Kier alpha value is -3.31. The molecule has 36 heavy (non-hydrogen) atoms. The van der Waals surface area contributed by atoms with Crippen LogP contribution in [0.25, 0.3) is 6.08 Å². The molecule has 3 aromatic rings. The van der Waals surface area contributed by atoms with Crippen LogP contribution in [0.1, 0.15) is 23.6 Å². The Morgan fingerprint density at radius 2 is 1.83 bits per heavy atom. The highest BCUT2D eigenvalue weighted by Crippen LogP contribution is 2.35. The van der Waals surface area contributed by atoms with Crippen LogP contribution < -0.4 is 19.7 Å². The van der Waals surface area contributed by atoms with Gasteiger partial charge in [0.25, 0.3) is 11.8 Å². The number of nitrogens with one attached hydrogen (secondary N) is 1. The van der Waals surface area contributed by atoms with Crippen molar-refractivity contribution in [2.75, 3.05) is 12.0 Å². The highest BCUT2D eigenvalue weighted by Gasteiger charge is 2.34. The van der Waals surface area contributed by atoms with Gasteiger partial charge in [0.1, 0.15) is 18.0 Å². The second-order valence-electron chi connectivity index (χ2n) is 7.93. The molecule has 1 heterocycles. The van der Waals surface area contributed by atoms with Crippen molar-refractivity contribution in [3.05, 3.63) is 92.3 Å². The van der Waals surface area contributed by atoms with E-state index in [0.29, 0.717) is 31.9 Å². The van der Waals surface area contributed by atoms with Crippen LogP contribution in [0.15, 0.2) is 66.2 Å². The molecule has 1 saturated heterocycles. The maximum atomic E-state index is 13.5. The van der Waals surface area contributed by atoms with Crippen molar-refractivity contribution < 1.29 is 23.5 Å². The Balaban J connectivity index is 1.63. The van der Waals surface area contributed by atoms with Crippen molar-refractivity contribution in [3.63, 3.8) is 0 Å². The fourth-order valence-corrected chi connectivity index (χ4v) is 4.75. The predicted octanol–water partition coefficient (Wildman–Crippen LogP) is 5.41. The minimum absolute atomic E-state index is 0.0275. The molecule has 184 valence electrons. The van der Waals surface area contributed by atoms with Crippen molar-refractivity contribution in [2.24, 2.45) is 0 Å². The van der Waals surface area contributed by atoms with Gasteiger partial charge in [0.15, 0.2) is 16.6 Å². The molecular formula is C27H22FIN2O4S. The molecule has 0 aromatic heterocycles. The Bertz CT molecular complexity index is 1370. The maximum Gasteiger partial charge on any atom is 0.270 e. The molecule has 4 rings (SSSR count). The van der Waals surface area contributed by atoms with Gasteiger partial charge in [-0.25, -0.2) is 4.39 Å². The summed E-state index contributed by atoms with van der Waals surface area (Å²) in [6, 6.07) is 17.0. The highest BCUT2D eigenvalue weighted by atomic mass is 127. The first kappa shape index (κ1) is 25.8. The summed E-state index contributed by atoms with van der Waals surface area (Å²) in [5.74, 6) is -0.552. The van der Waals surface area contributed by atoms with Crippen LogP contribution in [0, 0.1) is 9.39 Å². The number of benzene rings is 3. The van der Waals surface area contributed by atoms with Crippen molar-refractivity contribution in [1.82, 2.24) is 5.32 Å². The van der Waals surface area contributed by atoms with Crippen LogP contribution in [-0.4, -0.2) is 24.0 Å². The van der Waals surface area contributed by atoms with E-state index in [-0.39, 0.29) is 23.1 Å². The minimum atomic E-state index is -0.577. The number of anilines is 1.